The van der Waals surface area contributed by atoms with Gasteiger partial charge in [0.05, 0.1) is 0 Å². The van der Waals surface area contributed by atoms with Gasteiger partial charge in [0, 0.05) is 43.9 Å². The van der Waals surface area contributed by atoms with Crippen LogP contribution < -0.4 is 5.32 Å². The van der Waals surface area contributed by atoms with Gasteiger partial charge in [-0.25, -0.2) is 0 Å². The zero-order valence-electron chi connectivity index (χ0n) is 13.3. The summed E-state index contributed by atoms with van der Waals surface area (Å²) in [6, 6.07) is 0.631. The highest BCUT2D eigenvalue weighted by molar-refractivity contribution is 5.06. The molecule has 1 saturated heterocycles. The lowest BCUT2D eigenvalue weighted by Gasteiger charge is -2.54. The lowest BCUT2D eigenvalue weighted by Crippen LogP contribution is -2.69. The number of piperazine rings is 1. The predicted octanol–water partition coefficient (Wildman–Crippen LogP) is 2.80. The summed E-state index contributed by atoms with van der Waals surface area (Å²) < 4.78 is 5.29. The second kappa shape index (κ2) is 6.11. The highest BCUT2D eigenvalue weighted by atomic mass is 16.5. The fraction of sp³-hybridized carbons (Fsp3) is 1.00. The van der Waals surface area contributed by atoms with Crippen LogP contribution in [0.1, 0.15) is 59.3 Å². The minimum atomic E-state index is 0.287. The van der Waals surface area contributed by atoms with E-state index in [-0.39, 0.29) is 5.54 Å². The Morgan fingerprint density at radius 2 is 2.00 bits per heavy atom. The molecule has 1 spiro atoms. The first-order valence-corrected chi connectivity index (χ1v) is 8.06. The maximum atomic E-state index is 5.29. The summed E-state index contributed by atoms with van der Waals surface area (Å²) in [6.07, 6.45) is 7.90. The van der Waals surface area contributed by atoms with Gasteiger partial charge in [0.15, 0.2) is 0 Å². The maximum absolute atomic E-state index is 5.29. The molecule has 0 bridgehead atoms. The second-order valence-corrected chi connectivity index (χ2v) is 6.96. The van der Waals surface area contributed by atoms with Crippen molar-refractivity contribution in [3.8, 4) is 0 Å². The molecule has 2 rings (SSSR count). The third kappa shape index (κ3) is 3.14. The molecule has 2 atom stereocenters. The van der Waals surface area contributed by atoms with E-state index in [1.54, 1.807) is 0 Å². The summed E-state index contributed by atoms with van der Waals surface area (Å²) in [7, 11) is 1.81. The molecule has 1 aliphatic heterocycles. The average Bonchev–Trinajstić information content (AvgIpc) is 2.89. The zero-order chi connectivity index (χ0) is 13.9. The minimum absolute atomic E-state index is 0.287. The Labute approximate surface area is 119 Å². The van der Waals surface area contributed by atoms with Crippen LogP contribution in [-0.4, -0.2) is 48.8 Å². The van der Waals surface area contributed by atoms with E-state index in [1.807, 2.05) is 7.11 Å². The topological polar surface area (TPSA) is 24.5 Å². The fourth-order valence-electron chi connectivity index (χ4n) is 3.88. The number of nitrogens with zero attached hydrogens (tertiary/aromatic N) is 1. The Morgan fingerprint density at radius 1 is 1.32 bits per heavy atom. The van der Waals surface area contributed by atoms with Crippen molar-refractivity contribution < 1.29 is 4.74 Å². The number of hydrogen-bond donors (Lipinski definition) is 1. The molecule has 3 nitrogen and oxygen atoms in total. The molecule has 2 aliphatic rings. The van der Waals surface area contributed by atoms with Crippen LogP contribution in [0, 0.1) is 0 Å². The van der Waals surface area contributed by atoms with E-state index >= 15 is 0 Å². The Balaban J connectivity index is 2.11. The number of ether oxygens (including phenoxy) is 1. The minimum Gasteiger partial charge on any atom is -0.385 e. The molecule has 0 aromatic carbocycles. The molecule has 1 saturated carbocycles. The first kappa shape index (κ1) is 15.3. The van der Waals surface area contributed by atoms with E-state index in [1.165, 1.54) is 45.2 Å². The van der Waals surface area contributed by atoms with Crippen LogP contribution in [0.4, 0.5) is 0 Å². The SMILES string of the molecule is CCC1(C)CN(C(C)CCOC)C2(CCCC2)CN1. The van der Waals surface area contributed by atoms with Crippen LogP contribution in [0.15, 0.2) is 0 Å². The Bertz CT molecular complexity index is 288. The number of rotatable bonds is 5. The average molecular weight is 268 g/mol. The quantitative estimate of drug-likeness (QED) is 0.830. The molecule has 0 aromatic heterocycles. The van der Waals surface area contributed by atoms with Gasteiger partial charge in [-0.15, -0.1) is 0 Å². The Morgan fingerprint density at radius 3 is 2.58 bits per heavy atom. The summed E-state index contributed by atoms with van der Waals surface area (Å²) in [5.74, 6) is 0. The molecule has 1 aliphatic carbocycles. The number of hydrogen-bond acceptors (Lipinski definition) is 3. The standard InChI is InChI=1S/C16H32N2O/c1-5-15(3)13-18(14(2)8-11-19-4)16(12-17-15)9-6-7-10-16/h14,17H,5-13H2,1-4H3. The summed E-state index contributed by atoms with van der Waals surface area (Å²) in [4.78, 5) is 2.82. The fourth-order valence-corrected chi connectivity index (χ4v) is 3.88. The van der Waals surface area contributed by atoms with Gasteiger partial charge < -0.3 is 10.1 Å². The summed E-state index contributed by atoms with van der Waals surface area (Å²) in [5, 5.41) is 3.85. The number of methoxy groups -OCH3 is 1. The van der Waals surface area contributed by atoms with E-state index in [9.17, 15) is 0 Å². The van der Waals surface area contributed by atoms with Gasteiger partial charge in [0.1, 0.15) is 0 Å². The molecular formula is C16H32N2O. The zero-order valence-corrected chi connectivity index (χ0v) is 13.3. The molecule has 2 unspecified atom stereocenters. The van der Waals surface area contributed by atoms with E-state index in [0.717, 1.165) is 13.0 Å². The molecule has 0 amide bonds. The van der Waals surface area contributed by atoms with Gasteiger partial charge in [0.25, 0.3) is 0 Å². The summed E-state index contributed by atoms with van der Waals surface area (Å²) in [6.45, 7) is 10.3. The Kier molecular flexibility index (Phi) is 4.91. The van der Waals surface area contributed by atoms with Crippen LogP contribution in [0.3, 0.4) is 0 Å². The monoisotopic (exact) mass is 268 g/mol. The van der Waals surface area contributed by atoms with Gasteiger partial charge in [0.2, 0.25) is 0 Å². The normalized spacial score (nSPS) is 32.8. The smallest absolute Gasteiger partial charge is 0.0477 e. The van der Waals surface area contributed by atoms with Gasteiger partial charge in [-0.1, -0.05) is 19.8 Å². The molecular weight excluding hydrogens is 236 g/mol. The van der Waals surface area contributed by atoms with Crippen molar-refractivity contribution in [3.63, 3.8) is 0 Å². The summed E-state index contributed by atoms with van der Waals surface area (Å²) in [5.41, 5.74) is 0.719. The second-order valence-electron chi connectivity index (χ2n) is 6.96. The lowest BCUT2D eigenvalue weighted by atomic mass is 9.83. The highest BCUT2D eigenvalue weighted by Gasteiger charge is 2.47. The van der Waals surface area contributed by atoms with Gasteiger partial charge >= 0.3 is 0 Å². The van der Waals surface area contributed by atoms with Crippen molar-refractivity contribution in [3.05, 3.63) is 0 Å². The van der Waals surface area contributed by atoms with Crippen LogP contribution in [0.25, 0.3) is 0 Å². The first-order valence-electron chi connectivity index (χ1n) is 8.06. The van der Waals surface area contributed by atoms with Crippen molar-refractivity contribution in [2.45, 2.75) is 76.4 Å². The van der Waals surface area contributed by atoms with E-state index in [0.29, 0.717) is 11.6 Å². The predicted molar refractivity (Wildman–Crippen MR) is 80.6 cm³/mol. The molecule has 112 valence electrons. The first-order chi connectivity index (χ1) is 9.05. The lowest BCUT2D eigenvalue weighted by molar-refractivity contribution is -0.0237. The van der Waals surface area contributed by atoms with E-state index < -0.39 is 0 Å². The molecule has 0 radical (unpaired) electrons. The third-order valence-corrected chi connectivity index (χ3v) is 5.56. The molecule has 19 heavy (non-hydrogen) atoms. The molecule has 1 heterocycles. The van der Waals surface area contributed by atoms with Crippen LogP contribution >= 0.6 is 0 Å². The highest BCUT2D eigenvalue weighted by Crippen LogP contribution is 2.40. The van der Waals surface area contributed by atoms with Gasteiger partial charge in [-0.3, -0.25) is 4.90 Å². The van der Waals surface area contributed by atoms with Crippen LogP contribution in [0.2, 0.25) is 0 Å². The van der Waals surface area contributed by atoms with Crippen molar-refractivity contribution in [1.82, 2.24) is 10.2 Å². The van der Waals surface area contributed by atoms with E-state index in [2.05, 4.69) is 31.0 Å². The van der Waals surface area contributed by atoms with Gasteiger partial charge in [-0.05, 0) is 39.5 Å². The number of nitrogens with one attached hydrogen (secondary N) is 1. The Hall–Kier alpha value is -0.120. The van der Waals surface area contributed by atoms with E-state index in [4.69, 9.17) is 4.74 Å². The van der Waals surface area contributed by atoms with Crippen molar-refractivity contribution in [2.75, 3.05) is 26.8 Å². The molecule has 1 N–H and O–H groups in total. The molecule has 2 fully saturated rings. The van der Waals surface area contributed by atoms with Crippen LogP contribution in [0.5, 0.6) is 0 Å². The third-order valence-electron chi connectivity index (χ3n) is 5.56. The van der Waals surface area contributed by atoms with Crippen molar-refractivity contribution in [1.29, 1.82) is 0 Å². The van der Waals surface area contributed by atoms with Gasteiger partial charge in [-0.2, -0.15) is 0 Å². The maximum Gasteiger partial charge on any atom is 0.0477 e. The van der Waals surface area contributed by atoms with Crippen molar-refractivity contribution >= 4 is 0 Å². The van der Waals surface area contributed by atoms with Crippen molar-refractivity contribution in [2.24, 2.45) is 0 Å². The molecule has 3 heteroatoms. The van der Waals surface area contributed by atoms with Crippen LogP contribution in [-0.2, 0) is 4.74 Å². The largest absolute Gasteiger partial charge is 0.385 e. The summed E-state index contributed by atoms with van der Waals surface area (Å²) >= 11 is 0. The molecule has 0 aromatic rings.